The van der Waals surface area contributed by atoms with E-state index in [4.69, 9.17) is 9.15 Å². The van der Waals surface area contributed by atoms with Crippen molar-refractivity contribution < 1.29 is 13.9 Å². The van der Waals surface area contributed by atoms with Crippen LogP contribution in [0.25, 0.3) is 17.3 Å². The number of benzene rings is 2. The zero-order chi connectivity index (χ0) is 32.5. The Balaban J connectivity index is 1.20. The molecule has 0 spiro atoms. The molecule has 2 aromatic carbocycles. The zero-order valence-electron chi connectivity index (χ0n) is 28.1. The van der Waals surface area contributed by atoms with Crippen LogP contribution in [0.2, 0.25) is 0 Å². The number of amides is 1. The number of thioether (sulfide) groups is 1. The lowest BCUT2D eigenvalue weighted by Gasteiger charge is -2.30. The molecule has 242 valence electrons. The number of rotatable bonds is 17. The van der Waals surface area contributed by atoms with Crippen LogP contribution in [0.15, 0.2) is 70.4 Å². The number of carbonyl (C=O) groups excluding carboxylic acids is 1. The Morgan fingerprint density at radius 2 is 1.71 bits per heavy atom. The van der Waals surface area contributed by atoms with Crippen molar-refractivity contribution in [2.75, 3.05) is 18.9 Å². The first-order valence-corrected chi connectivity index (χ1v) is 17.3. The van der Waals surface area contributed by atoms with Crippen LogP contribution in [0, 0.1) is 6.92 Å². The Bertz CT molecular complexity index is 1510. The molecule has 0 radical (unpaired) electrons. The van der Waals surface area contributed by atoms with Gasteiger partial charge < -0.3 is 14.5 Å². The molecular weight excluding hydrogens is 580 g/mol. The van der Waals surface area contributed by atoms with E-state index < -0.39 is 0 Å². The molecule has 4 rings (SSSR count). The van der Waals surface area contributed by atoms with Crippen LogP contribution in [0.1, 0.15) is 96.8 Å². The predicted molar refractivity (Wildman–Crippen MR) is 185 cm³/mol. The molecule has 4 aromatic rings. The van der Waals surface area contributed by atoms with E-state index in [9.17, 15) is 4.79 Å². The topological polar surface area (TPSA) is 82.2 Å². The van der Waals surface area contributed by atoms with E-state index in [1.54, 1.807) is 18.0 Å². The molecule has 0 aliphatic carbocycles. The summed E-state index contributed by atoms with van der Waals surface area (Å²) in [5.41, 5.74) is 4.99. The maximum absolute atomic E-state index is 12.5. The average Bonchev–Trinajstić information content (AvgIpc) is 3.72. The number of aryl methyl sites for hydroxylation is 1. The van der Waals surface area contributed by atoms with Gasteiger partial charge in [0, 0.05) is 30.0 Å². The highest BCUT2D eigenvalue weighted by Crippen LogP contribution is 2.38. The summed E-state index contributed by atoms with van der Waals surface area (Å²) in [4.78, 5) is 12.5. The van der Waals surface area contributed by atoms with E-state index in [2.05, 4.69) is 106 Å². The van der Waals surface area contributed by atoms with Gasteiger partial charge in [0.2, 0.25) is 11.7 Å². The molecule has 2 aromatic heterocycles. The summed E-state index contributed by atoms with van der Waals surface area (Å²) >= 11 is 1.60. The minimum absolute atomic E-state index is 0.0412. The van der Waals surface area contributed by atoms with Crippen LogP contribution in [-0.2, 0) is 15.6 Å². The molecule has 2 heterocycles. The molecule has 7 nitrogen and oxygen atoms in total. The first-order chi connectivity index (χ1) is 21.6. The average molecular weight is 631 g/mol. The molecule has 0 saturated heterocycles. The fourth-order valence-corrected chi connectivity index (χ4v) is 5.87. The molecule has 0 unspecified atom stereocenters. The number of hydrogen-bond donors (Lipinski definition) is 1. The zero-order valence-corrected chi connectivity index (χ0v) is 28.9. The van der Waals surface area contributed by atoms with Gasteiger partial charge in [-0.2, -0.15) is 0 Å². The van der Waals surface area contributed by atoms with Gasteiger partial charge in [0.1, 0.15) is 5.75 Å². The minimum Gasteiger partial charge on any atom is -0.493 e. The quantitative estimate of drug-likeness (QED) is 0.0926. The fourth-order valence-electron chi connectivity index (χ4n) is 4.98. The normalized spacial score (nSPS) is 12.0. The van der Waals surface area contributed by atoms with Crippen LogP contribution in [0.3, 0.4) is 0 Å². The number of carbonyl (C=O) groups is 1. The second-order valence-corrected chi connectivity index (χ2v) is 14.1. The third kappa shape index (κ3) is 9.03. The van der Waals surface area contributed by atoms with Gasteiger partial charge in [0.05, 0.1) is 12.9 Å². The Labute approximate surface area is 273 Å². The Kier molecular flexibility index (Phi) is 12.0. The van der Waals surface area contributed by atoms with Crippen molar-refractivity contribution in [2.45, 2.75) is 103 Å². The molecule has 0 atom stereocenters. The van der Waals surface area contributed by atoms with Crippen molar-refractivity contribution in [3.63, 3.8) is 0 Å². The highest BCUT2D eigenvalue weighted by atomic mass is 32.2. The maximum Gasteiger partial charge on any atom is 0.220 e. The van der Waals surface area contributed by atoms with Crippen LogP contribution >= 0.6 is 11.8 Å². The SMILES string of the molecule is CCC(C)(C)c1ccc(OCCCCNC(=O)CCCSc2nnc(-c3ccco3)n2-c2ccc(C)cc2)c(C(C)(C)CC)c1. The summed E-state index contributed by atoms with van der Waals surface area (Å²) in [6, 6.07) is 18.7. The van der Waals surface area contributed by atoms with E-state index in [0.29, 0.717) is 31.2 Å². The number of furan rings is 1. The van der Waals surface area contributed by atoms with Crippen molar-refractivity contribution >= 4 is 17.7 Å². The van der Waals surface area contributed by atoms with Gasteiger partial charge >= 0.3 is 0 Å². The maximum atomic E-state index is 12.5. The Morgan fingerprint density at radius 3 is 2.40 bits per heavy atom. The van der Waals surface area contributed by atoms with Crippen LogP contribution in [-0.4, -0.2) is 39.6 Å². The van der Waals surface area contributed by atoms with Gasteiger partial charge in [-0.15, -0.1) is 10.2 Å². The molecule has 0 bridgehead atoms. The van der Waals surface area contributed by atoms with Crippen LogP contribution in [0.5, 0.6) is 5.75 Å². The van der Waals surface area contributed by atoms with Crippen LogP contribution < -0.4 is 10.1 Å². The largest absolute Gasteiger partial charge is 0.493 e. The smallest absolute Gasteiger partial charge is 0.220 e. The number of ether oxygens (including phenoxy) is 1. The van der Waals surface area contributed by atoms with Gasteiger partial charge in [-0.1, -0.05) is 83.1 Å². The third-order valence-corrected chi connectivity index (χ3v) is 9.87. The minimum atomic E-state index is 0.0412. The highest BCUT2D eigenvalue weighted by molar-refractivity contribution is 7.99. The summed E-state index contributed by atoms with van der Waals surface area (Å²) < 4.78 is 13.9. The third-order valence-electron chi connectivity index (χ3n) is 8.86. The molecule has 1 N–H and O–H groups in total. The molecule has 45 heavy (non-hydrogen) atoms. The molecule has 0 aliphatic rings. The van der Waals surface area contributed by atoms with Crippen LogP contribution in [0.4, 0.5) is 0 Å². The predicted octanol–water partition coefficient (Wildman–Crippen LogP) is 9.06. The lowest BCUT2D eigenvalue weighted by molar-refractivity contribution is -0.121. The fraction of sp³-hybridized carbons (Fsp3) is 0.486. The number of nitrogens with zero attached hydrogens (tertiary/aromatic N) is 3. The Hall–Kier alpha value is -3.52. The monoisotopic (exact) mass is 630 g/mol. The van der Waals surface area contributed by atoms with Gasteiger partial charge in [-0.25, -0.2) is 0 Å². The summed E-state index contributed by atoms with van der Waals surface area (Å²) in [5.74, 6) is 3.14. The van der Waals surface area contributed by atoms with E-state index >= 15 is 0 Å². The van der Waals surface area contributed by atoms with E-state index in [1.165, 1.54) is 16.7 Å². The van der Waals surface area contributed by atoms with E-state index in [1.807, 2.05) is 16.7 Å². The van der Waals surface area contributed by atoms with Gasteiger partial charge in [-0.3, -0.25) is 9.36 Å². The summed E-state index contributed by atoms with van der Waals surface area (Å²) in [6.07, 6.45) is 6.76. The van der Waals surface area contributed by atoms with Crippen molar-refractivity contribution in [3.8, 4) is 23.0 Å². The number of nitrogens with one attached hydrogen (secondary N) is 1. The first-order valence-electron chi connectivity index (χ1n) is 16.3. The van der Waals surface area contributed by atoms with Crippen molar-refractivity contribution in [1.82, 2.24) is 20.1 Å². The second-order valence-electron chi connectivity index (χ2n) is 13.0. The van der Waals surface area contributed by atoms with Crippen molar-refractivity contribution in [1.29, 1.82) is 0 Å². The lowest BCUT2D eigenvalue weighted by Crippen LogP contribution is -2.24. The number of aromatic nitrogens is 3. The second kappa shape index (κ2) is 15.7. The van der Waals surface area contributed by atoms with Gasteiger partial charge in [-0.05, 0) is 85.8 Å². The molecular formula is C37H50N4O3S. The van der Waals surface area contributed by atoms with Crippen molar-refractivity contribution in [2.24, 2.45) is 0 Å². The summed E-state index contributed by atoms with van der Waals surface area (Å²) in [7, 11) is 0. The first kappa shape index (κ1) is 34.4. The standard InChI is InChI=1S/C37H50N4O3S/c1-8-36(4,5)28-18-21-31(30(26-28)37(6,7)9-2)43-23-11-10-22-38-33(42)15-13-25-45-35-40-39-34(32-14-12-24-44-32)41(35)29-19-16-27(3)17-20-29/h12,14,16-21,24,26H,8-11,13,15,22-23,25H2,1-7H3,(H,38,42). The molecule has 0 aliphatic heterocycles. The molecule has 0 saturated carbocycles. The molecule has 8 heteroatoms. The molecule has 0 fully saturated rings. The number of hydrogen-bond acceptors (Lipinski definition) is 6. The van der Waals surface area contributed by atoms with E-state index in [-0.39, 0.29) is 16.7 Å². The van der Waals surface area contributed by atoms with Gasteiger partial charge in [0.25, 0.3) is 0 Å². The van der Waals surface area contributed by atoms with Gasteiger partial charge in [0.15, 0.2) is 10.9 Å². The Morgan fingerprint density at radius 1 is 0.956 bits per heavy atom. The molecule has 1 amide bonds. The summed E-state index contributed by atoms with van der Waals surface area (Å²) in [6.45, 7) is 17.0. The number of unbranched alkanes of at least 4 members (excludes halogenated alkanes) is 1. The lowest BCUT2D eigenvalue weighted by atomic mass is 9.76. The van der Waals surface area contributed by atoms with E-state index in [0.717, 1.165) is 54.5 Å². The highest BCUT2D eigenvalue weighted by Gasteiger charge is 2.26. The van der Waals surface area contributed by atoms with Crippen molar-refractivity contribution in [3.05, 3.63) is 77.6 Å². The summed E-state index contributed by atoms with van der Waals surface area (Å²) in [5, 5.41) is 12.7.